The Hall–Kier alpha value is -3.45. The SMILES string of the molecule is C=CCOc1ccc(C=c2sc3nc(-c4ccc(OCCCC)cc4)nn3c2=O)cc1. The molecule has 6 nitrogen and oxygen atoms in total. The average molecular weight is 434 g/mol. The van der Waals surface area contributed by atoms with E-state index in [1.807, 2.05) is 54.6 Å². The quantitative estimate of drug-likeness (QED) is 0.294. The number of hydrogen-bond acceptors (Lipinski definition) is 6. The van der Waals surface area contributed by atoms with Crippen molar-refractivity contribution in [2.75, 3.05) is 13.2 Å². The molecule has 0 aliphatic heterocycles. The third kappa shape index (κ3) is 4.83. The maximum Gasteiger partial charge on any atom is 0.291 e. The van der Waals surface area contributed by atoms with Gasteiger partial charge in [-0.1, -0.05) is 49.5 Å². The smallest absolute Gasteiger partial charge is 0.291 e. The van der Waals surface area contributed by atoms with Crippen molar-refractivity contribution in [1.29, 1.82) is 0 Å². The van der Waals surface area contributed by atoms with Gasteiger partial charge in [0.15, 0.2) is 5.82 Å². The molecule has 158 valence electrons. The fourth-order valence-corrected chi connectivity index (χ4v) is 3.87. The summed E-state index contributed by atoms with van der Waals surface area (Å²) in [5.41, 5.74) is 1.58. The molecular formula is C24H23N3O3S. The van der Waals surface area contributed by atoms with Gasteiger partial charge in [-0.25, -0.2) is 0 Å². The molecule has 4 aromatic rings. The van der Waals surface area contributed by atoms with E-state index in [9.17, 15) is 4.79 Å². The molecular weight excluding hydrogens is 410 g/mol. The van der Waals surface area contributed by atoms with Crippen molar-refractivity contribution >= 4 is 22.4 Å². The third-order valence-corrected chi connectivity index (χ3v) is 5.57. The molecule has 0 atom stereocenters. The van der Waals surface area contributed by atoms with Crippen molar-refractivity contribution in [2.45, 2.75) is 19.8 Å². The van der Waals surface area contributed by atoms with Gasteiger partial charge in [-0.2, -0.15) is 9.50 Å². The highest BCUT2D eigenvalue weighted by Gasteiger charge is 2.12. The summed E-state index contributed by atoms with van der Waals surface area (Å²) in [7, 11) is 0. The van der Waals surface area contributed by atoms with Crippen molar-refractivity contribution in [3.63, 3.8) is 0 Å². The van der Waals surface area contributed by atoms with Gasteiger partial charge < -0.3 is 9.47 Å². The lowest BCUT2D eigenvalue weighted by molar-refractivity contribution is 0.309. The summed E-state index contributed by atoms with van der Waals surface area (Å²) in [5, 5.41) is 4.41. The molecule has 0 spiro atoms. The summed E-state index contributed by atoms with van der Waals surface area (Å²) in [6, 6.07) is 15.2. The van der Waals surface area contributed by atoms with Gasteiger partial charge in [0.25, 0.3) is 5.56 Å². The number of rotatable bonds is 9. The first-order chi connectivity index (χ1) is 15.2. The van der Waals surface area contributed by atoms with Crippen LogP contribution >= 0.6 is 11.3 Å². The number of nitrogens with zero attached hydrogens (tertiary/aromatic N) is 3. The Morgan fingerprint density at radius 3 is 2.45 bits per heavy atom. The second-order valence-electron chi connectivity index (χ2n) is 6.94. The van der Waals surface area contributed by atoms with Crippen LogP contribution in [0.25, 0.3) is 22.4 Å². The van der Waals surface area contributed by atoms with Crippen molar-refractivity contribution < 1.29 is 9.47 Å². The van der Waals surface area contributed by atoms with Crippen LogP contribution in [-0.4, -0.2) is 27.8 Å². The highest BCUT2D eigenvalue weighted by Crippen LogP contribution is 2.21. The van der Waals surface area contributed by atoms with E-state index in [4.69, 9.17) is 9.47 Å². The van der Waals surface area contributed by atoms with Gasteiger partial charge in [0.1, 0.15) is 18.1 Å². The zero-order valence-electron chi connectivity index (χ0n) is 17.3. The minimum Gasteiger partial charge on any atom is -0.494 e. The zero-order chi connectivity index (χ0) is 21.6. The molecule has 0 radical (unpaired) electrons. The summed E-state index contributed by atoms with van der Waals surface area (Å²) < 4.78 is 13.1. The highest BCUT2D eigenvalue weighted by molar-refractivity contribution is 7.15. The highest BCUT2D eigenvalue weighted by atomic mass is 32.1. The number of fused-ring (bicyclic) bond motifs is 1. The molecule has 0 saturated heterocycles. The van der Waals surface area contributed by atoms with Crippen molar-refractivity contribution in [1.82, 2.24) is 14.6 Å². The number of unbranched alkanes of at least 4 members (excludes halogenated alkanes) is 1. The molecule has 4 rings (SSSR count). The van der Waals surface area contributed by atoms with E-state index >= 15 is 0 Å². The van der Waals surface area contributed by atoms with Gasteiger partial charge >= 0.3 is 0 Å². The van der Waals surface area contributed by atoms with Gasteiger partial charge in [-0.3, -0.25) is 4.79 Å². The van der Waals surface area contributed by atoms with Gasteiger partial charge in [0.05, 0.1) is 11.1 Å². The van der Waals surface area contributed by atoms with E-state index in [1.54, 1.807) is 6.08 Å². The molecule has 31 heavy (non-hydrogen) atoms. The molecule has 0 fully saturated rings. The first-order valence-electron chi connectivity index (χ1n) is 10.2. The summed E-state index contributed by atoms with van der Waals surface area (Å²) in [6.45, 7) is 6.93. The van der Waals surface area contributed by atoms with Crippen LogP contribution in [0.2, 0.25) is 0 Å². The lowest BCUT2D eigenvalue weighted by Crippen LogP contribution is -2.23. The fraction of sp³-hybridized carbons (Fsp3) is 0.208. The van der Waals surface area contributed by atoms with Gasteiger partial charge in [-0.05, 0) is 54.5 Å². The zero-order valence-corrected chi connectivity index (χ0v) is 18.1. The van der Waals surface area contributed by atoms with Crippen LogP contribution in [0.1, 0.15) is 25.3 Å². The average Bonchev–Trinajstić information content (AvgIpc) is 3.33. The van der Waals surface area contributed by atoms with Gasteiger partial charge in [-0.15, -0.1) is 5.10 Å². The molecule has 0 unspecified atom stereocenters. The topological polar surface area (TPSA) is 65.7 Å². The number of thiazole rings is 1. The van der Waals surface area contributed by atoms with Crippen molar-refractivity contribution in [3.8, 4) is 22.9 Å². The van der Waals surface area contributed by atoms with Crippen LogP contribution in [0.15, 0.2) is 66.0 Å². The summed E-state index contributed by atoms with van der Waals surface area (Å²) >= 11 is 1.32. The second kappa shape index (κ2) is 9.57. The van der Waals surface area contributed by atoms with Crippen LogP contribution in [0.4, 0.5) is 0 Å². The molecule has 0 N–H and O–H groups in total. The summed E-state index contributed by atoms with van der Waals surface area (Å²) in [4.78, 5) is 17.9. The van der Waals surface area contributed by atoms with E-state index in [1.165, 1.54) is 15.9 Å². The Bertz CT molecular complexity index is 1270. The lowest BCUT2D eigenvalue weighted by atomic mass is 10.2. The Morgan fingerprint density at radius 1 is 1.06 bits per heavy atom. The second-order valence-corrected chi connectivity index (χ2v) is 7.95. The largest absolute Gasteiger partial charge is 0.494 e. The van der Waals surface area contributed by atoms with Crippen molar-refractivity contribution in [2.24, 2.45) is 0 Å². The molecule has 2 aromatic carbocycles. The van der Waals surface area contributed by atoms with E-state index in [-0.39, 0.29) is 5.56 Å². The van der Waals surface area contributed by atoms with Gasteiger partial charge in [0.2, 0.25) is 4.96 Å². The predicted molar refractivity (Wildman–Crippen MR) is 124 cm³/mol. The molecule has 7 heteroatoms. The predicted octanol–water partition coefficient (Wildman–Crippen LogP) is 4.11. The minimum atomic E-state index is -0.176. The molecule has 0 aliphatic rings. The Balaban J connectivity index is 1.55. The summed E-state index contributed by atoms with van der Waals surface area (Å²) in [5.74, 6) is 2.10. The van der Waals surface area contributed by atoms with E-state index in [0.717, 1.165) is 35.5 Å². The summed E-state index contributed by atoms with van der Waals surface area (Å²) in [6.07, 6.45) is 5.66. The monoisotopic (exact) mass is 433 g/mol. The normalized spacial score (nSPS) is 11.7. The third-order valence-electron chi connectivity index (χ3n) is 4.61. The fourth-order valence-electron chi connectivity index (χ4n) is 2.96. The van der Waals surface area contributed by atoms with E-state index < -0.39 is 0 Å². The standard InChI is InChI=1S/C24H23N3O3S/c1-3-5-15-30-20-12-8-18(9-13-20)22-25-24-27(26-22)23(28)21(31-24)16-17-6-10-19(11-7-17)29-14-4-2/h4,6-13,16H,2-3,5,14-15H2,1H3. The molecule has 0 saturated carbocycles. The Morgan fingerprint density at radius 2 is 1.77 bits per heavy atom. The van der Waals surface area contributed by atoms with Crippen molar-refractivity contribution in [3.05, 3.63) is 81.6 Å². The number of benzene rings is 2. The van der Waals surface area contributed by atoms with Crippen LogP contribution in [0.5, 0.6) is 11.5 Å². The van der Waals surface area contributed by atoms with Crippen LogP contribution in [0.3, 0.4) is 0 Å². The van der Waals surface area contributed by atoms with Gasteiger partial charge in [0, 0.05) is 5.56 Å². The first kappa shape index (κ1) is 20.8. The maximum atomic E-state index is 12.8. The van der Waals surface area contributed by atoms with E-state index in [0.29, 0.717) is 28.5 Å². The Kier molecular flexibility index (Phi) is 6.43. The molecule has 0 bridgehead atoms. The van der Waals surface area contributed by atoms with E-state index in [2.05, 4.69) is 23.6 Å². The van der Waals surface area contributed by atoms with Crippen LogP contribution < -0.4 is 19.6 Å². The Labute approximate surface area is 184 Å². The minimum absolute atomic E-state index is 0.176. The number of aromatic nitrogens is 3. The number of ether oxygens (including phenoxy) is 2. The molecule has 2 heterocycles. The molecule has 0 amide bonds. The number of hydrogen-bond donors (Lipinski definition) is 0. The molecule has 2 aromatic heterocycles. The molecule has 0 aliphatic carbocycles. The van der Waals surface area contributed by atoms with Crippen LogP contribution in [-0.2, 0) is 0 Å². The maximum absolute atomic E-state index is 12.8. The first-order valence-corrected chi connectivity index (χ1v) is 11.0. The lowest BCUT2D eigenvalue weighted by Gasteiger charge is -2.05. The van der Waals surface area contributed by atoms with Crippen LogP contribution in [0, 0.1) is 0 Å².